The van der Waals surface area contributed by atoms with E-state index in [2.05, 4.69) is 15.6 Å². The third-order valence-electron chi connectivity index (χ3n) is 4.09. The van der Waals surface area contributed by atoms with E-state index in [1.165, 1.54) is 18.3 Å². The third-order valence-corrected chi connectivity index (χ3v) is 4.09. The van der Waals surface area contributed by atoms with E-state index in [-0.39, 0.29) is 30.6 Å². The summed E-state index contributed by atoms with van der Waals surface area (Å²) in [6, 6.07) is 11.7. The molecule has 1 amide bonds. The molecule has 0 saturated carbocycles. The smallest absolute Gasteiger partial charge is 0.270 e. The maximum absolute atomic E-state index is 13.8. The fraction of sp³-hybridized carbons (Fsp3) is 0.100. The number of rotatable bonds is 5. The van der Waals surface area contributed by atoms with E-state index in [4.69, 9.17) is 9.47 Å². The molecule has 0 aliphatic carbocycles. The number of amides is 1. The van der Waals surface area contributed by atoms with Crippen LogP contribution in [-0.4, -0.2) is 17.7 Å². The molecular weight excluding hydrogens is 368 g/mol. The Bertz CT molecular complexity index is 1040. The molecule has 0 saturated heterocycles. The van der Waals surface area contributed by atoms with Gasteiger partial charge in [-0.25, -0.2) is 8.78 Å². The first-order valence-electron chi connectivity index (χ1n) is 8.43. The molecular formula is C20H15F2N3O3. The number of fused-ring (bicyclic) bond motifs is 1. The van der Waals surface area contributed by atoms with Crippen LogP contribution in [0.15, 0.2) is 54.7 Å². The largest absolute Gasteiger partial charge is 0.454 e. The molecule has 4 rings (SSSR count). The number of hydrogen-bond acceptors (Lipinski definition) is 5. The molecule has 0 spiro atoms. The number of nitrogens with zero attached hydrogens (tertiary/aromatic N) is 1. The average Bonchev–Trinajstić information content (AvgIpc) is 3.16. The van der Waals surface area contributed by atoms with Crippen molar-refractivity contribution in [1.82, 2.24) is 10.3 Å². The zero-order valence-corrected chi connectivity index (χ0v) is 14.5. The molecule has 0 bridgehead atoms. The number of ether oxygens (including phenoxy) is 2. The van der Waals surface area contributed by atoms with Gasteiger partial charge in [-0.1, -0.05) is 6.07 Å². The van der Waals surface area contributed by atoms with Crippen molar-refractivity contribution in [3.63, 3.8) is 0 Å². The number of nitrogens with one attached hydrogen (secondary N) is 2. The SMILES string of the molecule is O=C(NCc1ccc2c(c1)OCO2)c1cc(Nc2ccc(F)cc2F)ccn1. The Morgan fingerprint density at radius 1 is 1.04 bits per heavy atom. The minimum atomic E-state index is -0.731. The summed E-state index contributed by atoms with van der Waals surface area (Å²) < 4.78 is 37.4. The van der Waals surface area contributed by atoms with Crippen molar-refractivity contribution >= 4 is 17.3 Å². The van der Waals surface area contributed by atoms with Crippen LogP contribution in [0.25, 0.3) is 0 Å². The fourth-order valence-corrected chi connectivity index (χ4v) is 2.70. The van der Waals surface area contributed by atoms with Gasteiger partial charge in [0.1, 0.15) is 17.3 Å². The number of aromatic nitrogens is 1. The average molecular weight is 383 g/mol. The van der Waals surface area contributed by atoms with Gasteiger partial charge in [-0.15, -0.1) is 0 Å². The van der Waals surface area contributed by atoms with Crippen molar-refractivity contribution < 1.29 is 23.0 Å². The fourth-order valence-electron chi connectivity index (χ4n) is 2.70. The van der Waals surface area contributed by atoms with Crippen LogP contribution in [0.4, 0.5) is 20.2 Å². The summed E-state index contributed by atoms with van der Waals surface area (Å²) in [6.07, 6.45) is 1.43. The van der Waals surface area contributed by atoms with Gasteiger partial charge in [0.2, 0.25) is 6.79 Å². The second-order valence-corrected chi connectivity index (χ2v) is 6.05. The molecule has 2 heterocycles. The van der Waals surface area contributed by atoms with E-state index in [0.717, 1.165) is 17.7 Å². The van der Waals surface area contributed by atoms with Crippen LogP contribution < -0.4 is 20.1 Å². The Labute approximate surface area is 159 Å². The zero-order chi connectivity index (χ0) is 19.5. The first-order chi connectivity index (χ1) is 13.6. The Morgan fingerprint density at radius 2 is 1.89 bits per heavy atom. The molecule has 2 N–H and O–H groups in total. The van der Waals surface area contributed by atoms with E-state index < -0.39 is 11.6 Å². The van der Waals surface area contributed by atoms with Gasteiger partial charge in [0.05, 0.1) is 5.69 Å². The van der Waals surface area contributed by atoms with E-state index in [1.807, 2.05) is 6.07 Å². The van der Waals surface area contributed by atoms with Crippen LogP contribution in [0.1, 0.15) is 16.1 Å². The highest BCUT2D eigenvalue weighted by Crippen LogP contribution is 2.32. The monoisotopic (exact) mass is 383 g/mol. The summed E-state index contributed by atoms with van der Waals surface area (Å²) in [5.41, 5.74) is 1.56. The lowest BCUT2D eigenvalue weighted by Gasteiger charge is -2.10. The highest BCUT2D eigenvalue weighted by Gasteiger charge is 2.14. The molecule has 1 aromatic heterocycles. The second-order valence-electron chi connectivity index (χ2n) is 6.05. The number of carbonyl (C=O) groups is 1. The molecule has 3 aromatic rings. The van der Waals surface area contributed by atoms with Gasteiger partial charge in [0, 0.05) is 24.5 Å². The maximum Gasteiger partial charge on any atom is 0.270 e. The number of anilines is 2. The zero-order valence-electron chi connectivity index (χ0n) is 14.5. The van der Waals surface area contributed by atoms with Crippen LogP contribution >= 0.6 is 0 Å². The highest BCUT2D eigenvalue weighted by molar-refractivity contribution is 5.93. The second kappa shape index (κ2) is 7.51. The van der Waals surface area contributed by atoms with Crippen molar-refractivity contribution in [3.05, 3.63) is 77.6 Å². The number of hydrogen-bond donors (Lipinski definition) is 2. The summed E-state index contributed by atoms with van der Waals surface area (Å²) >= 11 is 0. The van der Waals surface area contributed by atoms with E-state index in [1.54, 1.807) is 18.2 Å². The van der Waals surface area contributed by atoms with Gasteiger partial charge in [0.25, 0.3) is 5.91 Å². The summed E-state index contributed by atoms with van der Waals surface area (Å²) in [7, 11) is 0. The van der Waals surface area contributed by atoms with Gasteiger partial charge >= 0.3 is 0 Å². The predicted molar refractivity (Wildman–Crippen MR) is 97.6 cm³/mol. The standard InChI is InChI=1S/C20H15F2N3O3/c21-13-2-3-16(15(22)8-13)25-14-5-6-23-17(9-14)20(26)24-10-12-1-4-18-19(7-12)28-11-27-18/h1-9H,10-11H2,(H,23,25)(H,24,26). The number of pyridine rings is 1. The molecule has 0 fully saturated rings. The Morgan fingerprint density at radius 3 is 2.75 bits per heavy atom. The van der Waals surface area contributed by atoms with Gasteiger partial charge in [-0.3, -0.25) is 9.78 Å². The van der Waals surface area contributed by atoms with Crippen LogP contribution in [0.2, 0.25) is 0 Å². The van der Waals surface area contributed by atoms with Gasteiger partial charge in [-0.2, -0.15) is 0 Å². The molecule has 0 unspecified atom stereocenters. The van der Waals surface area contributed by atoms with Gasteiger partial charge in [-0.05, 0) is 42.0 Å². The lowest BCUT2D eigenvalue weighted by Crippen LogP contribution is -2.23. The van der Waals surface area contributed by atoms with Crippen molar-refractivity contribution in [2.24, 2.45) is 0 Å². The van der Waals surface area contributed by atoms with Crippen molar-refractivity contribution in [3.8, 4) is 11.5 Å². The minimum Gasteiger partial charge on any atom is -0.454 e. The lowest BCUT2D eigenvalue weighted by molar-refractivity contribution is 0.0946. The minimum absolute atomic E-state index is 0.0966. The molecule has 0 radical (unpaired) electrons. The summed E-state index contributed by atoms with van der Waals surface area (Å²) in [4.78, 5) is 16.4. The quantitative estimate of drug-likeness (QED) is 0.702. The molecule has 0 atom stereocenters. The molecule has 8 heteroatoms. The van der Waals surface area contributed by atoms with Crippen molar-refractivity contribution in [2.45, 2.75) is 6.54 Å². The number of carbonyl (C=O) groups excluding carboxylic acids is 1. The predicted octanol–water partition coefficient (Wildman–Crippen LogP) is 3.76. The molecule has 1 aliphatic rings. The Hall–Kier alpha value is -3.68. The summed E-state index contributed by atoms with van der Waals surface area (Å²) in [5, 5.41) is 5.57. The van der Waals surface area contributed by atoms with Gasteiger partial charge in [0.15, 0.2) is 11.5 Å². The maximum atomic E-state index is 13.8. The molecule has 2 aromatic carbocycles. The highest BCUT2D eigenvalue weighted by atomic mass is 19.1. The van der Waals surface area contributed by atoms with Crippen molar-refractivity contribution in [2.75, 3.05) is 12.1 Å². The first-order valence-corrected chi connectivity index (χ1v) is 8.43. The van der Waals surface area contributed by atoms with E-state index >= 15 is 0 Å². The number of benzene rings is 2. The topological polar surface area (TPSA) is 72.5 Å². The van der Waals surface area contributed by atoms with E-state index in [9.17, 15) is 13.6 Å². The van der Waals surface area contributed by atoms with E-state index in [0.29, 0.717) is 17.2 Å². The Kier molecular flexibility index (Phi) is 4.76. The van der Waals surface area contributed by atoms with Crippen LogP contribution in [0, 0.1) is 11.6 Å². The Balaban J connectivity index is 1.42. The van der Waals surface area contributed by atoms with Crippen LogP contribution in [-0.2, 0) is 6.54 Å². The van der Waals surface area contributed by atoms with Crippen LogP contribution in [0.3, 0.4) is 0 Å². The van der Waals surface area contributed by atoms with Gasteiger partial charge < -0.3 is 20.1 Å². The summed E-state index contributed by atoms with van der Waals surface area (Å²) in [6.45, 7) is 0.463. The first kappa shape index (κ1) is 17.7. The lowest BCUT2D eigenvalue weighted by atomic mass is 10.2. The van der Waals surface area contributed by atoms with Crippen LogP contribution in [0.5, 0.6) is 11.5 Å². The molecule has 1 aliphatic heterocycles. The third kappa shape index (κ3) is 3.85. The molecule has 6 nitrogen and oxygen atoms in total. The number of halogens is 2. The molecule has 28 heavy (non-hydrogen) atoms. The molecule has 142 valence electrons. The normalized spacial score (nSPS) is 11.9. The van der Waals surface area contributed by atoms with Crippen molar-refractivity contribution in [1.29, 1.82) is 0 Å². The summed E-state index contributed by atoms with van der Waals surface area (Å²) in [5.74, 6) is -0.478.